The lowest BCUT2D eigenvalue weighted by Gasteiger charge is -2.16. The summed E-state index contributed by atoms with van der Waals surface area (Å²) in [5.74, 6) is -1.29. The minimum atomic E-state index is -0.960. The molecule has 2 amide bonds. The number of amides is 2. The molecule has 0 aromatic heterocycles. The van der Waals surface area contributed by atoms with Crippen molar-refractivity contribution < 1.29 is 19.5 Å². The van der Waals surface area contributed by atoms with Crippen molar-refractivity contribution >= 4 is 23.5 Å². The molecule has 0 spiro atoms. The van der Waals surface area contributed by atoms with E-state index < -0.39 is 12.0 Å². The van der Waals surface area contributed by atoms with E-state index in [0.717, 1.165) is 0 Å². The number of benzene rings is 1. The number of hydrogen-bond acceptors (Lipinski definition) is 4. The normalized spacial score (nSPS) is 11.4. The first-order chi connectivity index (χ1) is 10.4. The van der Waals surface area contributed by atoms with Gasteiger partial charge in [0.2, 0.25) is 5.91 Å². The van der Waals surface area contributed by atoms with Crippen molar-refractivity contribution in [3.63, 3.8) is 0 Å². The van der Waals surface area contributed by atoms with Gasteiger partial charge in [0.25, 0.3) is 5.91 Å². The smallest absolute Gasteiger partial charge is 0.326 e. The van der Waals surface area contributed by atoms with Gasteiger partial charge in [0.05, 0.1) is 0 Å². The van der Waals surface area contributed by atoms with Gasteiger partial charge in [0, 0.05) is 31.8 Å². The van der Waals surface area contributed by atoms with Gasteiger partial charge in [-0.1, -0.05) is 0 Å². The van der Waals surface area contributed by atoms with Crippen LogP contribution in [0.15, 0.2) is 24.3 Å². The van der Waals surface area contributed by atoms with E-state index in [1.165, 1.54) is 6.92 Å². The van der Waals surface area contributed by atoms with Crippen molar-refractivity contribution in [2.75, 3.05) is 18.9 Å². The lowest BCUT2D eigenvalue weighted by atomic mass is 10.1. The van der Waals surface area contributed by atoms with Crippen LogP contribution >= 0.6 is 0 Å². The van der Waals surface area contributed by atoms with E-state index in [9.17, 15) is 19.5 Å². The Morgan fingerprint density at radius 2 is 1.82 bits per heavy atom. The molecule has 1 rings (SSSR count). The molecule has 7 nitrogen and oxygen atoms in total. The van der Waals surface area contributed by atoms with E-state index in [2.05, 4.69) is 16.0 Å². The fraction of sp³-hybridized carbons (Fsp3) is 0.400. The summed E-state index contributed by atoms with van der Waals surface area (Å²) in [6.07, 6.45) is 0.937. The SMILES string of the molecule is CNC(=O)c1ccc(NC(CCCNC(C)=O)C(=O)O)cc1. The summed E-state index contributed by atoms with van der Waals surface area (Å²) in [4.78, 5) is 33.4. The summed E-state index contributed by atoms with van der Waals surface area (Å²) in [5.41, 5.74) is 1.13. The van der Waals surface area contributed by atoms with E-state index in [0.29, 0.717) is 30.6 Å². The topological polar surface area (TPSA) is 108 Å². The van der Waals surface area contributed by atoms with E-state index in [-0.39, 0.29) is 11.8 Å². The molecule has 0 radical (unpaired) electrons. The zero-order valence-corrected chi connectivity index (χ0v) is 12.7. The van der Waals surface area contributed by atoms with Crippen molar-refractivity contribution in [2.45, 2.75) is 25.8 Å². The predicted molar refractivity (Wildman–Crippen MR) is 82.8 cm³/mol. The summed E-state index contributed by atoms with van der Waals surface area (Å²) >= 11 is 0. The van der Waals surface area contributed by atoms with Gasteiger partial charge in [-0.15, -0.1) is 0 Å². The number of carbonyl (C=O) groups is 3. The highest BCUT2D eigenvalue weighted by Gasteiger charge is 2.16. The molecule has 0 bridgehead atoms. The average Bonchev–Trinajstić information content (AvgIpc) is 2.49. The molecule has 0 fully saturated rings. The molecular formula is C15H21N3O4. The van der Waals surface area contributed by atoms with E-state index >= 15 is 0 Å². The summed E-state index contributed by atoms with van der Waals surface area (Å²) in [7, 11) is 1.55. The third kappa shape index (κ3) is 5.82. The van der Waals surface area contributed by atoms with Crippen LogP contribution < -0.4 is 16.0 Å². The van der Waals surface area contributed by atoms with Gasteiger partial charge < -0.3 is 21.1 Å². The lowest BCUT2D eigenvalue weighted by Crippen LogP contribution is -2.31. The first-order valence-electron chi connectivity index (χ1n) is 7.00. The number of carboxylic acid groups (broad SMARTS) is 1. The maximum absolute atomic E-state index is 11.4. The molecule has 1 atom stereocenters. The van der Waals surface area contributed by atoms with Crippen LogP contribution in [0.25, 0.3) is 0 Å². The Morgan fingerprint density at radius 3 is 2.32 bits per heavy atom. The van der Waals surface area contributed by atoms with E-state index in [1.807, 2.05) is 0 Å². The molecule has 1 aromatic rings. The molecule has 22 heavy (non-hydrogen) atoms. The number of rotatable bonds is 8. The maximum atomic E-state index is 11.4. The average molecular weight is 307 g/mol. The molecule has 0 aliphatic rings. The highest BCUT2D eigenvalue weighted by atomic mass is 16.4. The second-order valence-corrected chi connectivity index (χ2v) is 4.82. The predicted octanol–water partition coefficient (Wildman–Crippen LogP) is 0.828. The van der Waals surface area contributed by atoms with Crippen LogP contribution in [0.4, 0.5) is 5.69 Å². The van der Waals surface area contributed by atoms with E-state index in [4.69, 9.17) is 0 Å². The zero-order valence-electron chi connectivity index (χ0n) is 12.7. The molecule has 1 unspecified atom stereocenters. The van der Waals surface area contributed by atoms with E-state index in [1.54, 1.807) is 31.3 Å². The molecule has 7 heteroatoms. The minimum Gasteiger partial charge on any atom is -0.480 e. The van der Waals surface area contributed by atoms with Gasteiger partial charge in [-0.2, -0.15) is 0 Å². The van der Waals surface area contributed by atoms with Crippen LogP contribution in [0.5, 0.6) is 0 Å². The Labute approximate surface area is 129 Å². The maximum Gasteiger partial charge on any atom is 0.326 e. The quantitative estimate of drug-likeness (QED) is 0.532. The first kappa shape index (κ1) is 17.5. The molecular weight excluding hydrogens is 286 g/mol. The van der Waals surface area contributed by atoms with Crippen LogP contribution in [0, 0.1) is 0 Å². The summed E-state index contributed by atoms with van der Waals surface area (Å²) in [6, 6.07) is 5.82. The molecule has 120 valence electrons. The van der Waals surface area contributed by atoms with Crippen molar-refractivity contribution in [1.29, 1.82) is 0 Å². The number of aliphatic carboxylic acids is 1. The van der Waals surface area contributed by atoms with Crippen LogP contribution in [-0.4, -0.2) is 42.5 Å². The third-order valence-corrected chi connectivity index (χ3v) is 3.06. The van der Waals surface area contributed by atoms with Crippen LogP contribution in [0.1, 0.15) is 30.1 Å². The zero-order chi connectivity index (χ0) is 16.5. The van der Waals surface area contributed by atoms with Crippen LogP contribution in [0.2, 0.25) is 0 Å². The third-order valence-electron chi connectivity index (χ3n) is 3.06. The van der Waals surface area contributed by atoms with Crippen molar-refractivity contribution in [3.05, 3.63) is 29.8 Å². The fourth-order valence-electron chi connectivity index (χ4n) is 1.89. The Hall–Kier alpha value is -2.57. The van der Waals surface area contributed by atoms with Gasteiger partial charge in [-0.05, 0) is 37.1 Å². The highest BCUT2D eigenvalue weighted by Crippen LogP contribution is 2.13. The number of anilines is 1. The Bertz CT molecular complexity index is 528. The Morgan fingerprint density at radius 1 is 1.18 bits per heavy atom. The van der Waals surface area contributed by atoms with Crippen molar-refractivity contribution in [1.82, 2.24) is 10.6 Å². The monoisotopic (exact) mass is 307 g/mol. The minimum absolute atomic E-state index is 0.135. The molecule has 0 saturated carbocycles. The summed E-state index contributed by atoms with van der Waals surface area (Å²) in [5, 5.41) is 17.3. The second-order valence-electron chi connectivity index (χ2n) is 4.82. The molecule has 1 aromatic carbocycles. The fourth-order valence-corrected chi connectivity index (χ4v) is 1.89. The second kappa shape index (κ2) is 8.66. The summed E-state index contributed by atoms with van der Waals surface area (Å²) < 4.78 is 0. The lowest BCUT2D eigenvalue weighted by molar-refractivity contribution is -0.138. The first-order valence-corrected chi connectivity index (χ1v) is 7.00. The highest BCUT2D eigenvalue weighted by molar-refractivity contribution is 5.94. The van der Waals surface area contributed by atoms with Crippen molar-refractivity contribution in [2.24, 2.45) is 0 Å². The Balaban J connectivity index is 2.57. The van der Waals surface area contributed by atoms with Gasteiger partial charge in [-0.25, -0.2) is 4.79 Å². The van der Waals surface area contributed by atoms with Gasteiger partial charge in [-0.3, -0.25) is 9.59 Å². The molecule has 0 saturated heterocycles. The number of carbonyl (C=O) groups excluding carboxylic acids is 2. The molecule has 0 aliphatic carbocycles. The largest absolute Gasteiger partial charge is 0.480 e. The number of carboxylic acids is 1. The molecule has 0 aliphatic heterocycles. The number of nitrogens with one attached hydrogen (secondary N) is 3. The molecule has 4 N–H and O–H groups in total. The van der Waals surface area contributed by atoms with Gasteiger partial charge >= 0.3 is 5.97 Å². The van der Waals surface area contributed by atoms with Gasteiger partial charge in [0.1, 0.15) is 6.04 Å². The van der Waals surface area contributed by atoms with Crippen molar-refractivity contribution in [3.8, 4) is 0 Å². The number of hydrogen-bond donors (Lipinski definition) is 4. The standard InChI is InChI=1S/C15H21N3O4/c1-10(19)17-9-3-4-13(15(21)22)18-12-7-5-11(6-8-12)14(20)16-2/h5-8,13,18H,3-4,9H2,1-2H3,(H,16,20)(H,17,19)(H,21,22). The molecule has 0 heterocycles. The summed E-state index contributed by atoms with van der Waals surface area (Å²) in [6.45, 7) is 1.86. The Kier molecular flexibility index (Phi) is 6.88. The van der Waals surface area contributed by atoms with Crippen LogP contribution in [-0.2, 0) is 9.59 Å². The van der Waals surface area contributed by atoms with Crippen LogP contribution in [0.3, 0.4) is 0 Å². The van der Waals surface area contributed by atoms with Gasteiger partial charge in [0.15, 0.2) is 0 Å².